The Morgan fingerprint density at radius 2 is 2.10 bits per heavy atom. The van der Waals surface area contributed by atoms with Crippen LogP contribution in [0, 0.1) is 0 Å². The fourth-order valence-electron chi connectivity index (χ4n) is 2.31. The summed E-state index contributed by atoms with van der Waals surface area (Å²) in [6, 6.07) is 5.69. The number of nitrogens with zero attached hydrogens (tertiary/aromatic N) is 1. The summed E-state index contributed by atoms with van der Waals surface area (Å²) in [5.74, 6) is -1.27. The van der Waals surface area contributed by atoms with E-state index in [2.05, 4.69) is 0 Å². The number of halogens is 1. The molecule has 0 radical (unpaired) electrons. The van der Waals surface area contributed by atoms with Crippen LogP contribution in [0.4, 0.5) is 0 Å². The molecule has 0 aromatic heterocycles. The van der Waals surface area contributed by atoms with Crippen molar-refractivity contribution in [2.45, 2.75) is 31.6 Å². The molecule has 1 aromatic carbocycles. The van der Waals surface area contributed by atoms with Gasteiger partial charge in [-0.15, -0.1) is 0 Å². The zero-order valence-electron chi connectivity index (χ0n) is 11.4. The van der Waals surface area contributed by atoms with Crippen LogP contribution >= 0.6 is 11.6 Å². The molecule has 6 nitrogen and oxygen atoms in total. The van der Waals surface area contributed by atoms with Crippen molar-refractivity contribution >= 4 is 23.5 Å². The fourth-order valence-corrected chi connectivity index (χ4v) is 2.49. The molecule has 0 saturated carbocycles. The van der Waals surface area contributed by atoms with Gasteiger partial charge in [0.25, 0.3) is 5.91 Å². The summed E-state index contributed by atoms with van der Waals surface area (Å²) in [7, 11) is 0. The van der Waals surface area contributed by atoms with Gasteiger partial charge < -0.3 is 19.8 Å². The monoisotopic (exact) mass is 313 g/mol. The summed E-state index contributed by atoms with van der Waals surface area (Å²) >= 11 is 5.95. The van der Waals surface area contributed by atoms with Gasteiger partial charge in [-0.2, -0.15) is 0 Å². The van der Waals surface area contributed by atoms with Gasteiger partial charge in [-0.05, 0) is 19.1 Å². The second kappa shape index (κ2) is 6.32. The van der Waals surface area contributed by atoms with Crippen LogP contribution in [0.5, 0.6) is 5.75 Å². The van der Waals surface area contributed by atoms with Crippen LogP contribution < -0.4 is 4.74 Å². The zero-order valence-corrected chi connectivity index (χ0v) is 12.2. The summed E-state index contributed by atoms with van der Waals surface area (Å²) in [6.45, 7) is 1.52. The molecular weight excluding hydrogens is 298 g/mol. The highest BCUT2D eigenvalue weighted by atomic mass is 35.5. The molecule has 1 unspecified atom stereocenters. The third kappa shape index (κ3) is 3.46. The van der Waals surface area contributed by atoms with Crippen molar-refractivity contribution in [1.82, 2.24) is 4.90 Å². The second-order valence-corrected chi connectivity index (χ2v) is 5.33. The number of para-hydroxylation sites is 1. The number of carbonyl (C=O) groups excluding carboxylic acids is 1. The molecule has 1 saturated heterocycles. The number of aliphatic hydroxyl groups is 1. The molecule has 7 heteroatoms. The molecule has 114 valence electrons. The van der Waals surface area contributed by atoms with Gasteiger partial charge in [0.2, 0.25) is 0 Å². The first kappa shape index (κ1) is 15.6. The quantitative estimate of drug-likeness (QED) is 0.871. The summed E-state index contributed by atoms with van der Waals surface area (Å²) in [4.78, 5) is 24.6. The van der Waals surface area contributed by atoms with Crippen molar-refractivity contribution in [3.63, 3.8) is 0 Å². The van der Waals surface area contributed by atoms with Gasteiger partial charge in [0, 0.05) is 13.0 Å². The van der Waals surface area contributed by atoms with E-state index in [1.807, 2.05) is 0 Å². The first-order valence-electron chi connectivity index (χ1n) is 6.52. The Morgan fingerprint density at radius 1 is 1.43 bits per heavy atom. The van der Waals surface area contributed by atoms with E-state index in [1.165, 1.54) is 6.92 Å². The molecule has 1 aromatic rings. The summed E-state index contributed by atoms with van der Waals surface area (Å²) in [5.41, 5.74) is 0. The minimum atomic E-state index is -1.13. The predicted molar refractivity (Wildman–Crippen MR) is 75.3 cm³/mol. The van der Waals surface area contributed by atoms with E-state index < -0.39 is 30.1 Å². The number of benzene rings is 1. The van der Waals surface area contributed by atoms with Crippen LogP contribution in [-0.2, 0) is 9.59 Å². The predicted octanol–water partition coefficient (Wildman–Crippen LogP) is 1.15. The molecule has 0 spiro atoms. The second-order valence-electron chi connectivity index (χ2n) is 4.92. The maximum absolute atomic E-state index is 12.3. The molecule has 1 fully saturated rings. The molecule has 0 bridgehead atoms. The average molecular weight is 314 g/mol. The minimum absolute atomic E-state index is 0.00791. The third-order valence-electron chi connectivity index (χ3n) is 3.34. The number of carbonyl (C=O) groups is 2. The van der Waals surface area contributed by atoms with Crippen molar-refractivity contribution in [3.05, 3.63) is 29.3 Å². The highest BCUT2D eigenvalue weighted by Gasteiger charge is 2.40. The fraction of sp³-hybridized carbons (Fsp3) is 0.429. The number of amides is 1. The Labute approximate surface area is 126 Å². The minimum Gasteiger partial charge on any atom is -0.480 e. The van der Waals surface area contributed by atoms with E-state index in [0.717, 1.165) is 4.90 Å². The Hall–Kier alpha value is -1.79. The van der Waals surface area contributed by atoms with Crippen LogP contribution in [0.1, 0.15) is 13.3 Å². The number of likely N-dealkylation sites (tertiary alicyclic amines) is 1. The van der Waals surface area contributed by atoms with Crippen molar-refractivity contribution in [2.75, 3.05) is 6.54 Å². The van der Waals surface area contributed by atoms with Gasteiger partial charge in [-0.1, -0.05) is 23.7 Å². The van der Waals surface area contributed by atoms with Gasteiger partial charge in [-0.3, -0.25) is 4.79 Å². The van der Waals surface area contributed by atoms with Crippen molar-refractivity contribution in [2.24, 2.45) is 0 Å². The molecule has 0 aliphatic carbocycles. The number of aliphatic carboxylic acids is 1. The first-order chi connectivity index (χ1) is 9.90. The highest BCUT2D eigenvalue weighted by Crippen LogP contribution is 2.26. The Balaban J connectivity index is 2.08. The average Bonchev–Trinajstić information content (AvgIpc) is 2.82. The third-order valence-corrected chi connectivity index (χ3v) is 3.65. The van der Waals surface area contributed by atoms with Gasteiger partial charge in [0.1, 0.15) is 11.8 Å². The van der Waals surface area contributed by atoms with Crippen LogP contribution in [0.25, 0.3) is 0 Å². The van der Waals surface area contributed by atoms with E-state index in [-0.39, 0.29) is 13.0 Å². The first-order valence-corrected chi connectivity index (χ1v) is 6.90. The number of rotatable bonds is 4. The number of aliphatic hydroxyl groups excluding tert-OH is 1. The lowest BCUT2D eigenvalue weighted by Gasteiger charge is -2.25. The van der Waals surface area contributed by atoms with Crippen molar-refractivity contribution < 1.29 is 24.5 Å². The number of carboxylic acid groups (broad SMARTS) is 1. The standard InChI is InChI=1S/C14H16ClNO5/c1-8(21-12-5-3-2-4-10(12)15)13(18)16-7-9(17)6-11(16)14(19)20/h2-5,8-9,11,17H,6-7H2,1H3,(H,19,20)/t8?,9-,11+/m1/s1. The molecular formula is C14H16ClNO5. The molecule has 21 heavy (non-hydrogen) atoms. The van der Waals surface area contributed by atoms with Gasteiger partial charge in [-0.25, -0.2) is 4.79 Å². The maximum atomic E-state index is 12.3. The van der Waals surface area contributed by atoms with Crippen molar-refractivity contribution in [3.8, 4) is 5.75 Å². The number of β-amino-alcohol motifs (C(OH)–C–C–N with tert-alkyl or cyclic N) is 1. The smallest absolute Gasteiger partial charge is 0.326 e. The van der Waals surface area contributed by atoms with Crippen LogP contribution in [0.15, 0.2) is 24.3 Å². The molecule has 1 aliphatic rings. The summed E-state index contributed by atoms with van der Waals surface area (Å²) in [5, 5.41) is 19.0. The van der Waals surface area contributed by atoms with Crippen LogP contribution in [0.2, 0.25) is 5.02 Å². The van der Waals surface area contributed by atoms with Crippen LogP contribution in [0.3, 0.4) is 0 Å². The Bertz CT molecular complexity index is 550. The van der Waals surface area contributed by atoms with E-state index in [1.54, 1.807) is 24.3 Å². The SMILES string of the molecule is CC(Oc1ccccc1Cl)C(=O)N1C[C@H](O)C[C@H]1C(=O)O. The molecule has 1 heterocycles. The lowest BCUT2D eigenvalue weighted by Crippen LogP contribution is -2.46. The molecule has 2 N–H and O–H groups in total. The summed E-state index contributed by atoms with van der Waals surface area (Å²) in [6.07, 6.45) is -1.69. The molecule has 2 rings (SSSR count). The van der Waals surface area contributed by atoms with Crippen LogP contribution in [-0.4, -0.2) is 51.8 Å². The number of ether oxygens (including phenoxy) is 1. The molecule has 1 aliphatic heterocycles. The number of hydrogen-bond acceptors (Lipinski definition) is 4. The Kier molecular flexibility index (Phi) is 4.69. The van der Waals surface area contributed by atoms with Gasteiger partial charge in [0.15, 0.2) is 6.10 Å². The summed E-state index contributed by atoms with van der Waals surface area (Å²) < 4.78 is 5.48. The maximum Gasteiger partial charge on any atom is 0.326 e. The number of carboxylic acids is 1. The van der Waals surface area contributed by atoms with Gasteiger partial charge >= 0.3 is 5.97 Å². The number of hydrogen-bond donors (Lipinski definition) is 2. The van der Waals surface area contributed by atoms with E-state index in [4.69, 9.17) is 21.4 Å². The van der Waals surface area contributed by atoms with Gasteiger partial charge in [0.05, 0.1) is 11.1 Å². The van der Waals surface area contributed by atoms with E-state index in [9.17, 15) is 14.7 Å². The van der Waals surface area contributed by atoms with E-state index >= 15 is 0 Å². The molecule has 1 amide bonds. The normalized spacial score (nSPS) is 22.9. The topological polar surface area (TPSA) is 87.1 Å². The lowest BCUT2D eigenvalue weighted by molar-refractivity contribution is -0.150. The zero-order chi connectivity index (χ0) is 15.6. The Morgan fingerprint density at radius 3 is 2.71 bits per heavy atom. The van der Waals surface area contributed by atoms with E-state index in [0.29, 0.717) is 10.8 Å². The largest absolute Gasteiger partial charge is 0.480 e. The van der Waals surface area contributed by atoms with Crippen molar-refractivity contribution in [1.29, 1.82) is 0 Å². The molecule has 3 atom stereocenters. The lowest BCUT2D eigenvalue weighted by atomic mass is 10.2. The highest BCUT2D eigenvalue weighted by molar-refractivity contribution is 6.32.